The van der Waals surface area contributed by atoms with Gasteiger partial charge in [-0.3, -0.25) is 0 Å². The summed E-state index contributed by atoms with van der Waals surface area (Å²) in [6, 6.07) is 9.47. The number of esters is 1. The molecule has 0 aliphatic heterocycles. The molecule has 158 valence electrons. The summed E-state index contributed by atoms with van der Waals surface area (Å²) in [6.45, 7) is 4.99. The lowest BCUT2D eigenvalue weighted by molar-refractivity contribution is -0.169. The maximum absolute atomic E-state index is 13.0. The standard InChI is InChI=1S/C26H36O3/c1-25-12-6-9-20(25)23-21(11-13-25)26(2)14-10-19(27)15-18(26)16-22(23)29-24(28)17-7-4-3-5-8-17/h3-5,7-8,18-23,27H,6,9-16H2,1-2H3/t18-,19-,20+,21+,22+,23+,25+,26+/m1/s1. The molecule has 0 amide bonds. The first-order valence-corrected chi connectivity index (χ1v) is 11.8. The molecule has 0 unspecified atom stereocenters. The molecule has 5 rings (SSSR count). The number of carbonyl (C=O) groups is 1. The molecule has 4 fully saturated rings. The Bertz CT molecular complexity index is 760. The smallest absolute Gasteiger partial charge is 0.338 e. The van der Waals surface area contributed by atoms with Crippen LogP contribution in [0.1, 0.15) is 82.0 Å². The summed E-state index contributed by atoms with van der Waals surface area (Å²) in [7, 11) is 0. The molecule has 8 atom stereocenters. The number of ether oxygens (including phenoxy) is 1. The monoisotopic (exact) mass is 396 g/mol. The summed E-state index contributed by atoms with van der Waals surface area (Å²) in [5.74, 6) is 2.09. The highest BCUT2D eigenvalue weighted by atomic mass is 16.5. The first-order valence-electron chi connectivity index (χ1n) is 11.8. The van der Waals surface area contributed by atoms with Crippen LogP contribution in [0.4, 0.5) is 0 Å². The molecular formula is C26H36O3. The molecule has 0 bridgehead atoms. The van der Waals surface area contributed by atoms with Crippen LogP contribution in [0.5, 0.6) is 0 Å². The minimum atomic E-state index is -0.185. The highest BCUT2D eigenvalue weighted by molar-refractivity contribution is 5.89. The predicted octanol–water partition coefficient (Wildman–Crippen LogP) is 5.62. The van der Waals surface area contributed by atoms with E-state index in [1.54, 1.807) is 0 Å². The molecule has 29 heavy (non-hydrogen) atoms. The van der Waals surface area contributed by atoms with Crippen LogP contribution in [-0.2, 0) is 4.74 Å². The second kappa shape index (κ2) is 7.11. The van der Waals surface area contributed by atoms with Gasteiger partial charge in [-0.15, -0.1) is 0 Å². The van der Waals surface area contributed by atoms with Gasteiger partial charge in [-0.05, 0) is 92.1 Å². The number of aliphatic hydroxyl groups is 1. The van der Waals surface area contributed by atoms with Crippen LogP contribution in [0.3, 0.4) is 0 Å². The van der Waals surface area contributed by atoms with E-state index in [-0.39, 0.29) is 18.2 Å². The second-order valence-corrected chi connectivity index (χ2v) is 11.1. The number of hydrogen-bond acceptors (Lipinski definition) is 3. The number of carbonyl (C=O) groups excluding carboxylic acids is 1. The number of benzene rings is 1. The molecule has 4 aliphatic carbocycles. The molecule has 0 saturated heterocycles. The first-order chi connectivity index (χ1) is 13.9. The summed E-state index contributed by atoms with van der Waals surface area (Å²) in [6.07, 6.45) is 10.2. The van der Waals surface area contributed by atoms with E-state index in [1.165, 1.54) is 32.1 Å². The molecule has 3 heteroatoms. The van der Waals surface area contributed by atoms with Gasteiger partial charge in [-0.25, -0.2) is 4.79 Å². The average Bonchev–Trinajstić information content (AvgIpc) is 3.11. The zero-order valence-electron chi connectivity index (χ0n) is 18.0. The Morgan fingerprint density at radius 1 is 1.00 bits per heavy atom. The Morgan fingerprint density at radius 2 is 1.79 bits per heavy atom. The Balaban J connectivity index is 1.48. The van der Waals surface area contributed by atoms with Crippen molar-refractivity contribution in [2.24, 2.45) is 34.5 Å². The van der Waals surface area contributed by atoms with Gasteiger partial charge in [0.15, 0.2) is 0 Å². The van der Waals surface area contributed by atoms with Crippen LogP contribution in [0.15, 0.2) is 30.3 Å². The van der Waals surface area contributed by atoms with Crippen molar-refractivity contribution in [3.63, 3.8) is 0 Å². The van der Waals surface area contributed by atoms with Crippen LogP contribution in [-0.4, -0.2) is 23.3 Å². The summed E-state index contributed by atoms with van der Waals surface area (Å²) in [5, 5.41) is 10.4. The molecule has 0 aromatic heterocycles. The van der Waals surface area contributed by atoms with E-state index in [0.29, 0.717) is 40.1 Å². The van der Waals surface area contributed by atoms with Crippen LogP contribution in [0, 0.1) is 34.5 Å². The highest BCUT2D eigenvalue weighted by Crippen LogP contribution is 2.66. The molecule has 1 aromatic rings. The zero-order valence-corrected chi connectivity index (χ0v) is 18.0. The van der Waals surface area contributed by atoms with Crippen molar-refractivity contribution in [1.29, 1.82) is 0 Å². The number of rotatable bonds is 2. The van der Waals surface area contributed by atoms with Gasteiger partial charge < -0.3 is 9.84 Å². The molecule has 4 saturated carbocycles. The van der Waals surface area contributed by atoms with Crippen molar-refractivity contribution in [3.05, 3.63) is 35.9 Å². The molecule has 1 aromatic carbocycles. The maximum atomic E-state index is 13.0. The van der Waals surface area contributed by atoms with Crippen molar-refractivity contribution in [2.75, 3.05) is 0 Å². The van der Waals surface area contributed by atoms with Crippen molar-refractivity contribution in [3.8, 4) is 0 Å². The number of aliphatic hydroxyl groups excluding tert-OH is 1. The Kier molecular flexibility index (Phi) is 4.81. The quantitative estimate of drug-likeness (QED) is 0.660. The van der Waals surface area contributed by atoms with Gasteiger partial charge in [0, 0.05) is 5.92 Å². The van der Waals surface area contributed by atoms with E-state index >= 15 is 0 Å². The van der Waals surface area contributed by atoms with Gasteiger partial charge in [0.2, 0.25) is 0 Å². The van der Waals surface area contributed by atoms with E-state index in [4.69, 9.17) is 4.74 Å². The SMILES string of the molecule is C[C@@]12CCC[C@H]1[C@@H]1[C@@H](OC(=O)c3ccccc3)C[C@H]3C[C@H](O)CC[C@]3(C)[C@H]1CC2. The summed E-state index contributed by atoms with van der Waals surface area (Å²) in [5.41, 5.74) is 1.38. The molecule has 4 aliphatic rings. The Morgan fingerprint density at radius 3 is 2.59 bits per heavy atom. The first kappa shape index (κ1) is 19.6. The van der Waals surface area contributed by atoms with E-state index in [0.717, 1.165) is 25.7 Å². The lowest BCUT2D eigenvalue weighted by Crippen LogP contribution is -2.58. The molecular weight excluding hydrogens is 360 g/mol. The van der Waals surface area contributed by atoms with Gasteiger partial charge in [-0.1, -0.05) is 38.5 Å². The maximum Gasteiger partial charge on any atom is 0.338 e. The number of hydrogen-bond donors (Lipinski definition) is 1. The normalized spacial score (nSPS) is 46.3. The van der Waals surface area contributed by atoms with Crippen LogP contribution in [0.25, 0.3) is 0 Å². The van der Waals surface area contributed by atoms with Crippen LogP contribution in [0.2, 0.25) is 0 Å². The second-order valence-electron chi connectivity index (χ2n) is 11.1. The zero-order chi connectivity index (χ0) is 20.2. The van der Waals surface area contributed by atoms with Crippen molar-refractivity contribution in [1.82, 2.24) is 0 Å². The Hall–Kier alpha value is -1.35. The minimum absolute atomic E-state index is 0.00111. The topological polar surface area (TPSA) is 46.5 Å². The largest absolute Gasteiger partial charge is 0.458 e. The lowest BCUT2D eigenvalue weighted by atomic mass is 9.44. The van der Waals surface area contributed by atoms with Gasteiger partial charge in [0.1, 0.15) is 6.10 Å². The fourth-order valence-corrected chi connectivity index (χ4v) is 8.07. The third-order valence-electron chi connectivity index (χ3n) is 9.68. The summed E-state index contributed by atoms with van der Waals surface area (Å²) < 4.78 is 6.31. The van der Waals surface area contributed by atoms with Gasteiger partial charge >= 0.3 is 5.97 Å². The Labute approximate surface area is 175 Å². The fraction of sp³-hybridized carbons (Fsp3) is 0.731. The minimum Gasteiger partial charge on any atom is -0.458 e. The molecule has 0 radical (unpaired) electrons. The molecule has 3 nitrogen and oxygen atoms in total. The molecule has 0 heterocycles. The fourth-order valence-electron chi connectivity index (χ4n) is 8.07. The third kappa shape index (κ3) is 3.15. The third-order valence-corrected chi connectivity index (χ3v) is 9.68. The van der Waals surface area contributed by atoms with Crippen molar-refractivity contribution >= 4 is 5.97 Å². The predicted molar refractivity (Wildman–Crippen MR) is 113 cm³/mol. The summed E-state index contributed by atoms with van der Waals surface area (Å²) in [4.78, 5) is 13.0. The highest BCUT2D eigenvalue weighted by Gasteiger charge is 2.61. The average molecular weight is 397 g/mol. The van der Waals surface area contributed by atoms with Crippen molar-refractivity contribution in [2.45, 2.75) is 83.8 Å². The van der Waals surface area contributed by atoms with E-state index < -0.39 is 0 Å². The molecule has 0 spiro atoms. The van der Waals surface area contributed by atoms with Crippen molar-refractivity contribution < 1.29 is 14.6 Å². The van der Waals surface area contributed by atoms with E-state index in [2.05, 4.69) is 13.8 Å². The van der Waals surface area contributed by atoms with Gasteiger partial charge in [0.05, 0.1) is 11.7 Å². The van der Waals surface area contributed by atoms with E-state index in [9.17, 15) is 9.90 Å². The van der Waals surface area contributed by atoms with Crippen LogP contribution < -0.4 is 0 Å². The summed E-state index contributed by atoms with van der Waals surface area (Å²) >= 11 is 0. The number of fused-ring (bicyclic) bond motifs is 5. The van der Waals surface area contributed by atoms with Crippen LogP contribution >= 0.6 is 0 Å². The lowest BCUT2D eigenvalue weighted by Gasteiger charge is -2.62. The van der Waals surface area contributed by atoms with Gasteiger partial charge in [0.25, 0.3) is 0 Å². The van der Waals surface area contributed by atoms with E-state index in [1.807, 2.05) is 30.3 Å². The van der Waals surface area contributed by atoms with Gasteiger partial charge in [-0.2, -0.15) is 0 Å². The molecule has 1 N–H and O–H groups in total.